The van der Waals surface area contributed by atoms with Crippen molar-refractivity contribution in [2.24, 2.45) is 5.73 Å². The van der Waals surface area contributed by atoms with E-state index in [-0.39, 0.29) is 120 Å². The molecule has 66 heavy (non-hydrogen) atoms. The molecule has 0 saturated carbocycles. The zero-order chi connectivity index (χ0) is 46.7. The van der Waals surface area contributed by atoms with Gasteiger partial charge >= 0.3 is 0 Å². The summed E-state index contributed by atoms with van der Waals surface area (Å²) in [6.07, 6.45) is 6.89. The average molecular weight is 1150 g/mol. The van der Waals surface area contributed by atoms with Gasteiger partial charge in [-0.1, -0.05) is 122 Å². The molecule has 3 aromatic rings. The van der Waals surface area contributed by atoms with E-state index in [2.05, 4.69) is 158 Å². The molecule has 3 N–H and O–H groups in total. The van der Waals surface area contributed by atoms with Gasteiger partial charge in [-0.15, -0.1) is 0 Å². The predicted molar refractivity (Wildman–Crippen MR) is 296 cm³/mol. The largest absolute Gasteiger partial charge is 0.371 e. The molecule has 0 aliphatic carbocycles. The van der Waals surface area contributed by atoms with E-state index in [0.29, 0.717) is 18.9 Å². The Kier molecular flexibility index (Phi) is 110. The first kappa shape index (κ1) is 92.1. The van der Waals surface area contributed by atoms with Gasteiger partial charge in [0.2, 0.25) is 0 Å². The van der Waals surface area contributed by atoms with E-state index in [1.165, 1.54) is 42.7 Å². The Morgan fingerprint density at radius 3 is 1.21 bits per heavy atom. The minimum atomic E-state index is 0. The third-order valence-corrected chi connectivity index (χ3v) is 8.73. The normalized spacial score (nSPS) is 10.5. The molecule has 1 heterocycles. The smallest absolute Gasteiger partial charge is 0.146 e. The van der Waals surface area contributed by atoms with E-state index >= 15 is 0 Å². The molecule has 0 unspecified atom stereocenters. The Morgan fingerprint density at radius 1 is 0.530 bits per heavy atom. The number of carbonyl (C=O) groups excluding carboxylic acids is 1. The molecule has 1 fully saturated rings. The molecule has 0 spiro atoms. The molecular formula is C56H108N6OY3-6. The Bertz CT molecular complexity index is 1180. The van der Waals surface area contributed by atoms with Crippen molar-refractivity contribution in [3.05, 3.63) is 134 Å². The summed E-state index contributed by atoms with van der Waals surface area (Å²) in [7, 11) is 0. The van der Waals surface area contributed by atoms with Gasteiger partial charge in [0.25, 0.3) is 0 Å². The number of benzene rings is 3. The zero-order valence-corrected chi connectivity index (χ0v) is 55.0. The summed E-state index contributed by atoms with van der Waals surface area (Å²) in [5.74, 6) is 0.421. The van der Waals surface area contributed by atoms with Crippen LogP contribution in [0.3, 0.4) is 0 Å². The zero-order valence-electron chi connectivity index (χ0n) is 46.5. The van der Waals surface area contributed by atoms with Crippen molar-refractivity contribution >= 4 is 22.8 Å². The van der Waals surface area contributed by atoms with Gasteiger partial charge in [-0.3, -0.25) is 9.69 Å². The summed E-state index contributed by atoms with van der Waals surface area (Å²) in [5.41, 5.74) is 9.34. The van der Waals surface area contributed by atoms with Crippen LogP contribution in [0.1, 0.15) is 129 Å². The second kappa shape index (κ2) is 79.1. The van der Waals surface area contributed by atoms with Crippen LogP contribution >= 0.6 is 0 Å². The molecule has 0 atom stereocenters. The van der Waals surface area contributed by atoms with Crippen molar-refractivity contribution in [2.75, 3.05) is 93.2 Å². The van der Waals surface area contributed by atoms with Crippen LogP contribution in [0.4, 0.5) is 17.1 Å². The Labute approximate surface area is 492 Å². The SMILES string of the molecule is CC.CC.CC.CCN(CCN)c1ccccc1.CCN(CCN1CCCCCCCC(=O)C1)c1ccccc1.CCNCCN(CC)c1ccccc1.[CH2-]C.[CH2-]C.[CH2-]C.[CH3-].[CH3-].[CH3-].[Y].[Y].[Y]. The van der Waals surface area contributed by atoms with Crippen LogP contribution in [-0.2, 0) is 103 Å². The fourth-order valence-electron chi connectivity index (χ4n) is 5.92. The molecule has 1 aliphatic heterocycles. The number of hydrogen-bond acceptors (Lipinski definition) is 7. The molecule has 4 rings (SSSR count). The van der Waals surface area contributed by atoms with Gasteiger partial charge in [0.1, 0.15) is 5.78 Å². The van der Waals surface area contributed by atoms with Gasteiger partial charge in [0, 0.05) is 181 Å². The number of ketones is 1. The quantitative estimate of drug-likeness (QED) is 0.116. The number of carbonyl (C=O) groups is 1. The molecule has 0 amide bonds. The summed E-state index contributed by atoms with van der Waals surface area (Å²) in [6.45, 7) is 47.3. The van der Waals surface area contributed by atoms with Gasteiger partial charge in [-0.25, -0.2) is 0 Å². The van der Waals surface area contributed by atoms with E-state index in [9.17, 15) is 4.79 Å². The van der Waals surface area contributed by atoms with E-state index in [4.69, 9.17) is 5.73 Å². The molecule has 3 aromatic carbocycles. The molecule has 3 radical (unpaired) electrons. The maximum atomic E-state index is 12.0. The van der Waals surface area contributed by atoms with Crippen LogP contribution in [0, 0.1) is 43.1 Å². The van der Waals surface area contributed by atoms with E-state index < -0.39 is 0 Å². The number of likely N-dealkylation sites (N-methyl/N-ethyl adjacent to an activating group) is 4. The number of anilines is 3. The number of para-hydroxylation sites is 3. The van der Waals surface area contributed by atoms with Crippen molar-refractivity contribution in [1.82, 2.24) is 10.2 Å². The standard InChI is InChI=1S/C19H30N2O.C12H20N2.C10H16N2.3C2H6.3C2H5.3CH3.3Y/c1-2-21(18-11-7-6-8-12-18)16-15-20-14-10-5-3-4-9-13-19(22)17-20;1-3-13-10-11-14(4-2)12-8-6-5-7-9-12;1-2-12(9-8-11)10-6-4-3-5-7-10;6*1-2;;;;;;/h6-8,11-12H,2-5,9-10,13-17H2,1H3;5-9,13H,3-4,10-11H2,1-2H3;3-7H,2,8-9,11H2,1H3;3*1-2H3;3*1H2,2H3;3*1H3;;;/q;;;;;;6*-1;;;. The molecule has 1 saturated heterocycles. The summed E-state index contributed by atoms with van der Waals surface area (Å²) >= 11 is 0. The van der Waals surface area contributed by atoms with Crippen molar-refractivity contribution in [2.45, 2.75) is 129 Å². The maximum absolute atomic E-state index is 12.0. The number of nitrogens with zero attached hydrogens (tertiary/aromatic N) is 4. The van der Waals surface area contributed by atoms with Crippen LogP contribution in [0.25, 0.3) is 0 Å². The number of Topliss-reactive ketones (excluding diaryl/α,β-unsaturated/α-hetero) is 1. The van der Waals surface area contributed by atoms with Gasteiger partial charge < -0.3 is 68.8 Å². The van der Waals surface area contributed by atoms with Crippen LogP contribution < -0.4 is 25.8 Å². The van der Waals surface area contributed by atoms with Crippen molar-refractivity contribution in [1.29, 1.82) is 0 Å². The third kappa shape index (κ3) is 53.3. The van der Waals surface area contributed by atoms with Crippen molar-refractivity contribution < 1.29 is 103 Å². The molecule has 0 aromatic heterocycles. The fourth-order valence-corrected chi connectivity index (χ4v) is 5.92. The minimum Gasteiger partial charge on any atom is -0.371 e. The maximum Gasteiger partial charge on any atom is 0.146 e. The van der Waals surface area contributed by atoms with Crippen LogP contribution in [0.15, 0.2) is 91.0 Å². The van der Waals surface area contributed by atoms with Crippen LogP contribution in [0.5, 0.6) is 0 Å². The molecule has 1 aliphatic rings. The topological polar surface area (TPSA) is 68.1 Å². The average Bonchev–Trinajstić information content (AvgIpc) is 3.34. The van der Waals surface area contributed by atoms with Gasteiger partial charge in [-0.2, -0.15) is 20.8 Å². The Morgan fingerprint density at radius 2 is 0.864 bits per heavy atom. The monoisotopic (exact) mass is 1150 g/mol. The van der Waals surface area contributed by atoms with Gasteiger partial charge in [-0.05, 0) is 83.1 Å². The summed E-state index contributed by atoms with van der Waals surface area (Å²) in [6, 6.07) is 31.5. The predicted octanol–water partition coefficient (Wildman–Crippen LogP) is 14.3. The second-order valence-corrected chi connectivity index (χ2v) is 12.2. The van der Waals surface area contributed by atoms with E-state index in [1.807, 2.05) is 47.6 Å². The summed E-state index contributed by atoms with van der Waals surface area (Å²) < 4.78 is 0. The van der Waals surface area contributed by atoms with Crippen LogP contribution in [0.2, 0.25) is 0 Å². The second-order valence-electron chi connectivity index (χ2n) is 12.2. The van der Waals surface area contributed by atoms with Gasteiger partial charge in [0.05, 0.1) is 6.54 Å². The van der Waals surface area contributed by atoms with Crippen molar-refractivity contribution in [3.8, 4) is 0 Å². The molecular weight excluding hydrogens is 1040 g/mol. The van der Waals surface area contributed by atoms with Crippen molar-refractivity contribution in [3.63, 3.8) is 0 Å². The first-order valence-electron chi connectivity index (χ1n) is 23.7. The van der Waals surface area contributed by atoms with Gasteiger partial charge in [0.15, 0.2) is 0 Å². The minimum absolute atomic E-state index is 0. The summed E-state index contributed by atoms with van der Waals surface area (Å²) in [4.78, 5) is 21.4. The number of nitrogens with one attached hydrogen (secondary N) is 1. The molecule has 10 heteroatoms. The fraction of sp³-hybridized carbons (Fsp3) is 0.554. The molecule has 0 bridgehead atoms. The molecule has 383 valence electrons. The number of nitrogens with two attached hydrogens (primary N) is 1. The molecule has 7 nitrogen and oxygen atoms in total. The number of hydrogen-bond donors (Lipinski definition) is 2. The third-order valence-electron chi connectivity index (χ3n) is 8.73. The van der Waals surface area contributed by atoms with Crippen LogP contribution in [-0.4, -0.2) is 89.2 Å². The Hall–Kier alpha value is -0.0783. The Balaban J connectivity index is -0.0000000677. The van der Waals surface area contributed by atoms with E-state index in [1.54, 1.807) is 20.8 Å². The summed E-state index contributed by atoms with van der Waals surface area (Å²) in [5, 5.41) is 3.34. The first-order valence-corrected chi connectivity index (χ1v) is 23.7. The first-order chi connectivity index (χ1) is 29.6. The van der Waals surface area contributed by atoms with E-state index in [0.717, 1.165) is 78.3 Å². The number of rotatable bonds is 15.